The lowest BCUT2D eigenvalue weighted by atomic mass is 10.0. The van der Waals surface area contributed by atoms with Crippen molar-refractivity contribution in [3.8, 4) is 0 Å². The largest absolute Gasteiger partial charge is 0.479 e. The highest BCUT2D eigenvalue weighted by Gasteiger charge is 2.40. The van der Waals surface area contributed by atoms with Crippen molar-refractivity contribution in [1.29, 1.82) is 0 Å². The topological polar surface area (TPSA) is 519 Å². The number of unbranched alkanes of at least 4 members (excludes halogenated alkanes) is 7. The fourth-order valence-electron chi connectivity index (χ4n) is 7.64. The molecule has 450 valence electrons. The van der Waals surface area contributed by atoms with E-state index in [0.717, 1.165) is 64.9 Å². The Kier molecular flexibility index (Phi) is 34.1. The van der Waals surface area contributed by atoms with Crippen molar-refractivity contribution in [2.75, 3.05) is 39.5 Å². The summed E-state index contributed by atoms with van der Waals surface area (Å²) in [4.78, 5) is 148. The van der Waals surface area contributed by atoms with Gasteiger partial charge < -0.3 is 105 Å². The molecule has 0 aromatic heterocycles. The Hall–Kier alpha value is -6.45. The molecule has 1 aliphatic rings. The van der Waals surface area contributed by atoms with Gasteiger partial charge in [0.15, 0.2) is 12.1 Å². The van der Waals surface area contributed by atoms with Crippen molar-refractivity contribution >= 4 is 65.1 Å². The summed E-state index contributed by atoms with van der Waals surface area (Å²) in [6.07, 6.45) is -3.26. The van der Waals surface area contributed by atoms with Gasteiger partial charge in [0.05, 0.1) is 37.9 Å². The van der Waals surface area contributed by atoms with Gasteiger partial charge in [0.2, 0.25) is 47.3 Å². The van der Waals surface area contributed by atoms with Gasteiger partial charge in [0.1, 0.15) is 54.7 Å². The van der Waals surface area contributed by atoms with Gasteiger partial charge in [-0.1, -0.05) is 64.4 Å². The first-order valence-corrected chi connectivity index (χ1v) is 26.2. The number of cyclic esters (lactones) is 1. The molecule has 9 amide bonds. The molecular weight excluding hydrogens is 1050 g/mol. The lowest BCUT2D eigenvalue weighted by molar-refractivity contribution is -0.156. The smallest absolute Gasteiger partial charge is 0.335 e. The van der Waals surface area contributed by atoms with E-state index < -0.39 is 183 Å². The molecule has 21 N–H and O–H groups in total. The predicted molar refractivity (Wildman–Crippen MR) is 275 cm³/mol. The number of rotatable bonds is 25. The van der Waals surface area contributed by atoms with E-state index in [-0.39, 0.29) is 38.8 Å². The van der Waals surface area contributed by atoms with Crippen molar-refractivity contribution in [2.24, 2.45) is 11.5 Å². The lowest BCUT2D eigenvalue weighted by Crippen LogP contribution is -2.62. The summed E-state index contributed by atoms with van der Waals surface area (Å²) in [6.45, 7) is -0.154. The van der Waals surface area contributed by atoms with Gasteiger partial charge in [0, 0.05) is 6.61 Å². The van der Waals surface area contributed by atoms with Gasteiger partial charge in [-0.3, -0.25) is 43.2 Å². The molecule has 1 heterocycles. The molecule has 0 saturated carbocycles. The van der Waals surface area contributed by atoms with Gasteiger partial charge in [0.25, 0.3) is 5.91 Å². The number of aliphatic hydroxyl groups excluding tert-OH is 7. The van der Waals surface area contributed by atoms with E-state index >= 15 is 0 Å². The Labute approximate surface area is 456 Å². The number of aliphatic carboxylic acids is 1. The van der Waals surface area contributed by atoms with Crippen LogP contribution in [0.5, 0.6) is 0 Å². The Morgan fingerprint density at radius 2 is 1.25 bits per heavy atom. The van der Waals surface area contributed by atoms with Gasteiger partial charge >= 0.3 is 11.9 Å². The first-order chi connectivity index (χ1) is 37.4. The summed E-state index contributed by atoms with van der Waals surface area (Å²) < 4.78 is 5.18. The van der Waals surface area contributed by atoms with Crippen molar-refractivity contribution in [2.45, 2.75) is 183 Å². The van der Waals surface area contributed by atoms with Crippen LogP contribution in [0.4, 0.5) is 0 Å². The molecule has 12 atom stereocenters. The minimum absolute atomic E-state index is 0.0197. The second kappa shape index (κ2) is 38.2. The molecule has 1 fully saturated rings. The second-order valence-corrected chi connectivity index (χ2v) is 18.7. The van der Waals surface area contributed by atoms with E-state index in [9.17, 15) is 93.6 Å². The number of carbonyl (C=O) groups is 11. The van der Waals surface area contributed by atoms with E-state index in [4.69, 9.17) is 16.2 Å². The van der Waals surface area contributed by atoms with Crippen LogP contribution < -0.4 is 59.3 Å². The SMILES string of the molecule is C/C=C1\NC(=O)[C@H]([C@H](C)O)NC(=O)C(CCCN)NC(=O)C(CCO)NC(=O)CNC(=O)C(CCN)NC(=O)C(NC(=O)CC(O)C(O)CCCCCCCCCC)COC(=O)C([C@H](O)CO)NC(=O)[C@H](C(O)C(=O)O)NC1=O. The van der Waals surface area contributed by atoms with Crippen molar-refractivity contribution in [1.82, 2.24) is 47.9 Å². The van der Waals surface area contributed by atoms with Crippen LogP contribution in [0.1, 0.15) is 111 Å². The zero-order valence-corrected chi connectivity index (χ0v) is 44.8. The summed E-state index contributed by atoms with van der Waals surface area (Å²) >= 11 is 0. The molecule has 0 radical (unpaired) electrons. The van der Waals surface area contributed by atoms with E-state index in [1.165, 1.54) is 0 Å². The van der Waals surface area contributed by atoms with Crippen LogP contribution in [0.25, 0.3) is 0 Å². The maximum Gasteiger partial charge on any atom is 0.335 e. The van der Waals surface area contributed by atoms with E-state index in [2.05, 4.69) is 44.1 Å². The summed E-state index contributed by atoms with van der Waals surface area (Å²) in [6, 6.07) is -13.7. The average molecular weight is 1130 g/mol. The molecule has 1 aliphatic heterocycles. The van der Waals surface area contributed by atoms with Gasteiger partial charge in [-0.25, -0.2) is 9.59 Å². The van der Waals surface area contributed by atoms with Crippen LogP contribution in [-0.4, -0.2) is 218 Å². The highest BCUT2D eigenvalue weighted by molar-refractivity contribution is 6.03. The number of carboxylic acids is 1. The van der Waals surface area contributed by atoms with Crippen LogP contribution in [0.3, 0.4) is 0 Å². The van der Waals surface area contributed by atoms with Crippen molar-refractivity contribution in [3.05, 3.63) is 11.8 Å². The summed E-state index contributed by atoms with van der Waals surface area (Å²) in [5, 5.41) is 102. The van der Waals surface area contributed by atoms with Crippen LogP contribution in [0, 0.1) is 0 Å². The predicted octanol–water partition coefficient (Wildman–Crippen LogP) is -7.63. The highest BCUT2D eigenvalue weighted by atomic mass is 16.5. The molecule has 0 bridgehead atoms. The minimum Gasteiger partial charge on any atom is -0.479 e. The molecule has 8 unspecified atom stereocenters. The zero-order valence-electron chi connectivity index (χ0n) is 44.8. The highest BCUT2D eigenvalue weighted by Crippen LogP contribution is 2.14. The Morgan fingerprint density at radius 3 is 1.82 bits per heavy atom. The van der Waals surface area contributed by atoms with Crippen LogP contribution in [0.2, 0.25) is 0 Å². The Balaban J connectivity index is 3.84. The van der Waals surface area contributed by atoms with E-state index in [0.29, 0.717) is 6.42 Å². The van der Waals surface area contributed by atoms with Gasteiger partial charge in [-0.05, 0) is 59.0 Å². The molecule has 0 aliphatic carbocycles. The summed E-state index contributed by atoms with van der Waals surface area (Å²) in [5.74, 6) is -15.1. The normalized spacial score (nSPS) is 24.7. The molecule has 1 rings (SSSR count). The first kappa shape index (κ1) is 70.6. The Morgan fingerprint density at radius 1 is 0.671 bits per heavy atom. The maximum atomic E-state index is 13.9. The van der Waals surface area contributed by atoms with Gasteiger partial charge in [-0.15, -0.1) is 0 Å². The van der Waals surface area contributed by atoms with Crippen LogP contribution in [-0.2, 0) is 57.5 Å². The molecular formula is C48H83N11O20. The minimum atomic E-state index is -2.85. The third-order valence-electron chi connectivity index (χ3n) is 12.3. The van der Waals surface area contributed by atoms with Crippen LogP contribution >= 0.6 is 0 Å². The summed E-state index contributed by atoms with van der Waals surface area (Å²) in [5.41, 5.74) is 10.6. The standard InChI is InChI=1S/C48H83N11O20/c1-4-6-7-8-9-10-11-12-15-31(63)32(64)21-34(66)53-30-24-79-48(78)37(33(65)23-61)58-46(75)38(39(68)47(76)77)59-41(70)26(5-2)54-45(74)36(25(3)62)57-43(72)27(14-13-18-49)55-42(71)29(17-20-60)52-35(67)22-51-40(69)28(16-19-50)56-44(30)73/h5,25,27-33,36-39,60-65,68H,4,6-24,49-50H2,1-3H3,(H,51,69)(H,52,67)(H,53,66)(H,54,74)(H,55,71)(H,56,73)(H,57,72)(H,58,75)(H,59,70)(H,76,77)/b26-5-/t25-,27?,28?,29?,30?,31?,32?,33+,36-,37?,38-,39?/m0/s1. The number of allylic oxidation sites excluding steroid dienone is 1. The number of nitrogens with one attached hydrogen (secondary N) is 9. The molecule has 0 spiro atoms. The number of carboxylic acid groups (broad SMARTS) is 1. The number of amides is 9. The average Bonchev–Trinajstić information content (AvgIpc) is 3.41. The quantitative estimate of drug-likeness (QED) is 0.0229. The molecule has 31 heteroatoms. The van der Waals surface area contributed by atoms with E-state index in [1.807, 2.05) is 10.6 Å². The molecule has 1 saturated heterocycles. The second-order valence-electron chi connectivity index (χ2n) is 18.7. The van der Waals surface area contributed by atoms with E-state index in [1.54, 1.807) is 0 Å². The molecule has 31 nitrogen and oxygen atoms in total. The van der Waals surface area contributed by atoms with Crippen molar-refractivity contribution in [3.63, 3.8) is 0 Å². The number of ether oxygens (including phenoxy) is 1. The monoisotopic (exact) mass is 1130 g/mol. The molecule has 0 aromatic rings. The number of aliphatic hydroxyl groups is 7. The third-order valence-corrected chi connectivity index (χ3v) is 12.3. The number of hydrogen-bond donors (Lipinski definition) is 19. The number of carbonyl (C=O) groups excluding carboxylic acids is 10. The fraction of sp³-hybridized carbons (Fsp3) is 0.729. The third kappa shape index (κ3) is 25.9. The zero-order chi connectivity index (χ0) is 59.8. The number of nitrogens with two attached hydrogens (primary N) is 2. The fourth-order valence-corrected chi connectivity index (χ4v) is 7.64. The van der Waals surface area contributed by atoms with Crippen LogP contribution in [0.15, 0.2) is 11.8 Å². The molecule has 0 aromatic carbocycles. The molecule has 79 heavy (non-hydrogen) atoms. The summed E-state index contributed by atoms with van der Waals surface area (Å²) in [7, 11) is 0. The van der Waals surface area contributed by atoms with Gasteiger partial charge in [-0.2, -0.15) is 0 Å². The Bertz CT molecular complexity index is 2050. The number of esters is 1. The first-order valence-electron chi connectivity index (χ1n) is 26.2. The maximum absolute atomic E-state index is 13.9. The van der Waals surface area contributed by atoms with Crippen molar-refractivity contribution < 1.29 is 98.3 Å². The lowest BCUT2D eigenvalue weighted by Gasteiger charge is -2.28. The number of hydrogen-bond acceptors (Lipinski definition) is 21.